The van der Waals surface area contributed by atoms with Crippen LogP contribution in [0.1, 0.15) is 28.4 Å². The van der Waals surface area contributed by atoms with Gasteiger partial charge < -0.3 is 10.1 Å². The predicted molar refractivity (Wildman–Crippen MR) is 85.8 cm³/mol. The molecule has 1 amide bonds. The molecule has 0 aromatic heterocycles. The normalized spacial score (nSPS) is 11.7. The molecule has 0 aliphatic heterocycles. The molecule has 0 aliphatic rings. The van der Waals surface area contributed by atoms with Crippen molar-refractivity contribution in [3.8, 4) is 0 Å². The number of nitrogens with one attached hydrogen (secondary N) is 1. The van der Waals surface area contributed by atoms with Crippen LogP contribution in [0.5, 0.6) is 0 Å². The van der Waals surface area contributed by atoms with Crippen LogP contribution in [0.25, 0.3) is 0 Å². The average Bonchev–Trinajstić information content (AvgIpc) is 2.52. The molecule has 23 heavy (non-hydrogen) atoms. The van der Waals surface area contributed by atoms with Crippen molar-refractivity contribution in [2.45, 2.75) is 26.9 Å². The third-order valence-corrected chi connectivity index (χ3v) is 3.61. The van der Waals surface area contributed by atoms with E-state index >= 15 is 0 Å². The first-order valence-corrected chi connectivity index (χ1v) is 7.22. The maximum atomic E-state index is 13.5. The minimum absolute atomic E-state index is 0.0483. The topological polar surface area (TPSA) is 55.4 Å². The molecule has 0 heterocycles. The maximum absolute atomic E-state index is 13.5. The molecule has 1 N–H and O–H groups in total. The number of esters is 1. The first-order valence-electron chi connectivity index (χ1n) is 7.22. The molecule has 1 atom stereocenters. The van der Waals surface area contributed by atoms with Gasteiger partial charge >= 0.3 is 5.97 Å². The zero-order chi connectivity index (χ0) is 17.0. The van der Waals surface area contributed by atoms with Crippen molar-refractivity contribution in [3.05, 3.63) is 65.0 Å². The smallest absolute Gasteiger partial charge is 0.339 e. The second-order valence-electron chi connectivity index (χ2n) is 5.26. The highest BCUT2D eigenvalue weighted by atomic mass is 19.1. The summed E-state index contributed by atoms with van der Waals surface area (Å²) in [5.41, 5.74) is 2.23. The van der Waals surface area contributed by atoms with Crippen LogP contribution in [-0.4, -0.2) is 18.0 Å². The van der Waals surface area contributed by atoms with Gasteiger partial charge in [-0.2, -0.15) is 0 Å². The van der Waals surface area contributed by atoms with Gasteiger partial charge in [-0.1, -0.05) is 24.3 Å². The van der Waals surface area contributed by atoms with Gasteiger partial charge in [-0.25, -0.2) is 9.18 Å². The van der Waals surface area contributed by atoms with Gasteiger partial charge in [0, 0.05) is 0 Å². The number of rotatable bonds is 4. The minimum Gasteiger partial charge on any atom is -0.449 e. The van der Waals surface area contributed by atoms with Gasteiger partial charge in [-0.15, -0.1) is 0 Å². The molecule has 2 rings (SSSR count). The van der Waals surface area contributed by atoms with Crippen LogP contribution in [0.4, 0.5) is 10.1 Å². The van der Waals surface area contributed by atoms with Gasteiger partial charge in [0.25, 0.3) is 5.91 Å². The highest BCUT2D eigenvalue weighted by molar-refractivity contribution is 5.98. The second-order valence-corrected chi connectivity index (χ2v) is 5.26. The fourth-order valence-corrected chi connectivity index (χ4v) is 2.05. The largest absolute Gasteiger partial charge is 0.449 e. The SMILES string of the molecule is Cc1cccc(C(=O)O[C@@H](C)C(=O)Nc2ccccc2F)c1C. The third kappa shape index (κ3) is 3.94. The highest BCUT2D eigenvalue weighted by Crippen LogP contribution is 2.16. The summed E-state index contributed by atoms with van der Waals surface area (Å²) in [6, 6.07) is 11.1. The zero-order valence-corrected chi connectivity index (χ0v) is 13.2. The first kappa shape index (κ1) is 16.7. The fraction of sp³-hybridized carbons (Fsp3) is 0.222. The van der Waals surface area contributed by atoms with E-state index in [1.54, 1.807) is 18.2 Å². The number of anilines is 1. The lowest BCUT2D eigenvalue weighted by Gasteiger charge is -2.15. The van der Waals surface area contributed by atoms with Crippen LogP contribution in [0.3, 0.4) is 0 Å². The van der Waals surface area contributed by atoms with Gasteiger partial charge in [-0.3, -0.25) is 4.79 Å². The van der Waals surface area contributed by atoms with Crippen LogP contribution in [-0.2, 0) is 9.53 Å². The van der Waals surface area contributed by atoms with Crippen LogP contribution in [0, 0.1) is 19.7 Å². The van der Waals surface area contributed by atoms with Crippen molar-refractivity contribution >= 4 is 17.6 Å². The number of amides is 1. The summed E-state index contributed by atoms with van der Waals surface area (Å²) >= 11 is 0. The van der Waals surface area contributed by atoms with Crippen molar-refractivity contribution in [2.75, 3.05) is 5.32 Å². The number of carbonyl (C=O) groups is 2. The fourth-order valence-electron chi connectivity index (χ4n) is 2.05. The first-order chi connectivity index (χ1) is 10.9. The summed E-state index contributed by atoms with van der Waals surface area (Å²) in [5.74, 6) is -1.72. The summed E-state index contributed by atoms with van der Waals surface area (Å²) in [5, 5.41) is 2.40. The summed E-state index contributed by atoms with van der Waals surface area (Å²) in [7, 11) is 0. The number of ether oxygens (including phenoxy) is 1. The molecule has 4 nitrogen and oxygen atoms in total. The lowest BCUT2D eigenvalue weighted by molar-refractivity contribution is -0.123. The van der Waals surface area contributed by atoms with Crippen molar-refractivity contribution in [1.82, 2.24) is 0 Å². The number of carbonyl (C=O) groups excluding carboxylic acids is 2. The monoisotopic (exact) mass is 315 g/mol. The van der Waals surface area contributed by atoms with E-state index < -0.39 is 23.8 Å². The summed E-state index contributed by atoms with van der Waals surface area (Å²) in [6.07, 6.45) is -1.04. The van der Waals surface area contributed by atoms with E-state index in [1.165, 1.54) is 25.1 Å². The molecular weight excluding hydrogens is 297 g/mol. The van der Waals surface area contributed by atoms with E-state index in [1.807, 2.05) is 19.9 Å². The number of benzene rings is 2. The Morgan fingerprint density at radius 1 is 1.09 bits per heavy atom. The van der Waals surface area contributed by atoms with Crippen molar-refractivity contribution in [2.24, 2.45) is 0 Å². The Balaban J connectivity index is 2.05. The van der Waals surface area contributed by atoms with E-state index in [-0.39, 0.29) is 5.69 Å². The average molecular weight is 315 g/mol. The van der Waals surface area contributed by atoms with Gasteiger partial charge in [-0.05, 0) is 50.1 Å². The molecule has 2 aromatic rings. The van der Waals surface area contributed by atoms with E-state index in [0.717, 1.165) is 11.1 Å². The molecule has 0 unspecified atom stereocenters. The lowest BCUT2D eigenvalue weighted by atomic mass is 10.0. The van der Waals surface area contributed by atoms with Crippen molar-refractivity contribution in [3.63, 3.8) is 0 Å². The minimum atomic E-state index is -1.04. The lowest BCUT2D eigenvalue weighted by Crippen LogP contribution is -2.30. The molecule has 0 saturated heterocycles. The van der Waals surface area contributed by atoms with Gasteiger partial charge in [0.2, 0.25) is 0 Å². The predicted octanol–water partition coefficient (Wildman–Crippen LogP) is 3.63. The molecule has 0 aliphatic carbocycles. The number of para-hydroxylation sites is 1. The number of hydrogen-bond donors (Lipinski definition) is 1. The number of halogens is 1. The van der Waals surface area contributed by atoms with Gasteiger partial charge in [0.15, 0.2) is 6.10 Å². The second kappa shape index (κ2) is 7.05. The van der Waals surface area contributed by atoms with E-state index in [0.29, 0.717) is 5.56 Å². The van der Waals surface area contributed by atoms with E-state index in [2.05, 4.69) is 5.32 Å². The van der Waals surface area contributed by atoms with Gasteiger partial charge in [0.05, 0.1) is 11.3 Å². The summed E-state index contributed by atoms with van der Waals surface area (Å²) in [4.78, 5) is 24.2. The Labute approximate surface area is 134 Å². The van der Waals surface area contributed by atoms with Crippen LogP contribution in [0.15, 0.2) is 42.5 Å². The quantitative estimate of drug-likeness (QED) is 0.877. The molecule has 0 spiro atoms. The summed E-state index contributed by atoms with van der Waals surface area (Å²) in [6.45, 7) is 5.15. The number of hydrogen-bond acceptors (Lipinski definition) is 3. The molecule has 2 aromatic carbocycles. The Morgan fingerprint density at radius 3 is 2.48 bits per heavy atom. The molecular formula is C18H18FNO3. The van der Waals surface area contributed by atoms with Crippen molar-refractivity contribution in [1.29, 1.82) is 0 Å². The molecule has 0 radical (unpaired) electrons. The third-order valence-electron chi connectivity index (χ3n) is 3.61. The van der Waals surface area contributed by atoms with E-state index in [9.17, 15) is 14.0 Å². The van der Waals surface area contributed by atoms with Crippen LogP contribution < -0.4 is 5.32 Å². The standard InChI is InChI=1S/C18H18FNO3/c1-11-7-6-8-14(12(11)2)18(22)23-13(3)17(21)20-16-10-5-4-9-15(16)19/h4-10,13H,1-3H3,(H,20,21)/t13-/m0/s1. The number of aryl methyl sites for hydroxylation is 1. The van der Waals surface area contributed by atoms with Crippen LogP contribution >= 0.6 is 0 Å². The van der Waals surface area contributed by atoms with E-state index in [4.69, 9.17) is 4.74 Å². The molecule has 0 saturated carbocycles. The Bertz CT molecular complexity index is 743. The molecule has 120 valence electrons. The molecule has 0 fully saturated rings. The highest BCUT2D eigenvalue weighted by Gasteiger charge is 2.21. The van der Waals surface area contributed by atoms with Crippen LogP contribution in [0.2, 0.25) is 0 Å². The molecule has 5 heteroatoms. The molecule has 0 bridgehead atoms. The Morgan fingerprint density at radius 2 is 1.78 bits per heavy atom. The Kier molecular flexibility index (Phi) is 5.11. The van der Waals surface area contributed by atoms with Gasteiger partial charge in [0.1, 0.15) is 5.82 Å². The van der Waals surface area contributed by atoms with Crippen molar-refractivity contribution < 1.29 is 18.7 Å². The summed E-state index contributed by atoms with van der Waals surface area (Å²) < 4.78 is 18.7. The maximum Gasteiger partial charge on any atom is 0.339 e. The Hall–Kier alpha value is -2.69. The zero-order valence-electron chi connectivity index (χ0n) is 13.2.